The molecule has 0 radical (unpaired) electrons. The van der Waals surface area contributed by atoms with Gasteiger partial charge in [0.05, 0.1) is 13.0 Å². The number of esters is 2. The van der Waals surface area contributed by atoms with Gasteiger partial charge in [0.1, 0.15) is 36.1 Å². The third-order valence-corrected chi connectivity index (χ3v) is 6.92. The second-order valence-electron chi connectivity index (χ2n) is 8.89. The minimum atomic E-state index is -1.07. The maximum Gasteiger partial charge on any atom is 0.306 e. The highest BCUT2D eigenvalue weighted by Gasteiger charge is 2.49. The molecule has 0 aromatic heterocycles. The first-order chi connectivity index (χ1) is 18.3. The number of carbonyl (C=O) groups is 3. The van der Waals surface area contributed by atoms with Crippen LogP contribution in [0.25, 0.3) is 10.4 Å². The molecule has 0 saturated carbocycles. The topological polar surface area (TPSA) is 137 Å². The summed E-state index contributed by atoms with van der Waals surface area (Å²) in [5.74, 6) is -1.33. The van der Waals surface area contributed by atoms with E-state index in [1.54, 1.807) is 0 Å². The van der Waals surface area contributed by atoms with E-state index in [9.17, 15) is 19.9 Å². The number of nitrogens with zero attached hydrogens (tertiary/aromatic N) is 3. The third kappa shape index (κ3) is 8.88. The monoisotopic (exact) mass is 541 g/mol. The summed E-state index contributed by atoms with van der Waals surface area (Å²) in [6, 6.07) is 16.2. The Morgan fingerprint density at radius 1 is 1.03 bits per heavy atom. The maximum atomic E-state index is 12.7. The van der Waals surface area contributed by atoms with E-state index < -0.39 is 41.7 Å². The Kier molecular flexibility index (Phi) is 11.2. The molecular weight excluding hydrogens is 510 g/mol. The molecule has 202 valence electrons. The van der Waals surface area contributed by atoms with Gasteiger partial charge in [0.15, 0.2) is 6.10 Å². The van der Waals surface area contributed by atoms with Crippen LogP contribution in [0.2, 0.25) is 0 Å². The van der Waals surface area contributed by atoms with Crippen molar-refractivity contribution in [3.8, 4) is 0 Å². The molecule has 0 spiro atoms. The average molecular weight is 542 g/mol. The molecule has 1 heterocycles. The number of hydrogen-bond donors (Lipinski definition) is 0. The first-order valence-corrected chi connectivity index (χ1v) is 13.1. The molecular formula is C27H31N3O7S. The van der Waals surface area contributed by atoms with Crippen LogP contribution in [0.5, 0.6) is 0 Å². The van der Waals surface area contributed by atoms with Gasteiger partial charge in [-0.3, -0.25) is 9.59 Å². The lowest BCUT2D eigenvalue weighted by Crippen LogP contribution is -2.59. The van der Waals surface area contributed by atoms with Gasteiger partial charge in [-0.15, -0.1) is 0 Å². The smallest absolute Gasteiger partial charge is 0.306 e. The van der Waals surface area contributed by atoms with Crippen LogP contribution in [-0.2, 0) is 39.9 Å². The molecule has 10 nitrogen and oxygen atoms in total. The molecule has 0 bridgehead atoms. The predicted octanol–water partition coefficient (Wildman–Crippen LogP) is 4.92. The Hall–Kier alpha value is -3.37. The van der Waals surface area contributed by atoms with Crippen molar-refractivity contribution in [1.29, 1.82) is 0 Å². The van der Waals surface area contributed by atoms with Crippen LogP contribution < -0.4 is 0 Å². The SMILES string of the molecule is CC(=O)CCC(=O)O[C@H]1[C@H](OCc2ccccc2)[C@@H](N=[N+]=[N-])[C@H](Sc2ccc(C)cc2)O[C@@H]1COC(C)=O. The number of ether oxygens (including phenoxy) is 4. The van der Waals surface area contributed by atoms with E-state index in [1.807, 2.05) is 61.5 Å². The second-order valence-corrected chi connectivity index (χ2v) is 10.1. The summed E-state index contributed by atoms with van der Waals surface area (Å²) in [4.78, 5) is 39.6. The Labute approximate surface area is 225 Å². The third-order valence-electron chi connectivity index (χ3n) is 5.76. The number of benzene rings is 2. The van der Waals surface area contributed by atoms with Crippen LogP contribution >= 0.6 is 11.8 Å². The number of ketones is 1. The van der Waals surface area contributed by atoms with Crippen LogP contribution in [0.4, 0.5) is 0 Å². The Balaban J connectivity index is 1.95. The average Bonchev–Trinajstić information content (AvgIpc) is 2.89. The molecule has 0 amide bonds. The van der Waals surface area contributed by atoms with Crippen LogP contribution in [-0.4, -0.2) is 54.1 Å². The fraction of sp³-hybridized carbons (Fsp3) is 0.444. The zero-order chi connectivity index (χ0) is 27.5. The van der Waals surface area contributed by atoms with Gasteiger partial charge < -0.3 is 23.7 Å². The number of thioether (sulfide) groups is 1. The van der Waals surface area contributed by atoms with Gasteiger partial charge in [-0.25, -0.2) is 0 Å². The lowest BCUT2D eigenvalue weighted by atomic mass is 9.97. The molecule has 1 aliphatic rings. The first kappa shape index (κ1) is 29.2. The van der Waals surface area contributed by atoms with Gasteiger partial charge >= 0.3 is 11.9 Å². The zero-order valence-electron chi connectivity index (χ0n) is 21.5. The Morgan fingerprint density at radius 2 is 1.74 bits per heavy atom. The fourth-order valence-electron chi connectivity index (χ4n) is 3.84. The summed E-state index contributed by atoms with van der Waals surface area (Å²) >= 11 is 1.33. The van der Waals surface area contributed by atoms with Gasteiger partial charge in [-0.1, -0.05) is 64.9 Å². The van der Waals surface area contributed by atoms with Gasteiger partial charge in [-0.2, -0.15) is 0 Å². The molecule has 11 heteroatoms. The predicted molar refractivity (Wildman–Crippen MR) is 140 cm³/mol. The van der Waals surface area contributed by atoms with Crippen LogP contribution in [0.1, 0.15) is 37.8 Å². The summed E-state index contributed by atoms with van der Waals surface area (Å²) in [6.45, 7) is 4.56. The zero-order valence-corrected chi connectivity index (χ0v) is 22.3. The summed E-state index contributed by atoms with van der Waals surface area (Å²) in [5.41, 5.74) is 10.6. The molecule has 0 aliphatic carbocycles. The van der Waals surface area contributed by atoms with Crippen LogP contribution in [0, 0.1) is 6.92 Å². The molecule has 1 saturated heterocycles. The second kappa shape index (κ2) is 14.5. The number of hydrogen-bond acceptors (Lipinski definition) is 9. The van der Waals surface area contributed by atoms with Crippen molar-refractivity contribution in [2.45, 2.75) is 74.9 Å². The quantitative estimate of drug-likeness (QED) is 0.160. The van der Waals surface area contributed by atoms with Gasteiger partial charge in [0.25, 0.3) is 0 Å². The lowest BCUT2D eigenvalue weighted by Gasteiger charge is -2.44. The van der Waals surface area contributed by atoms with E-state index in [1.165, 1.54) is 25.6 Å². The van der Waals surface area contributed by atoms with Crippen molar-refractivity contribution in [2.24, 2.45) is 5.11 Å². The van der Waals surface area contributed by atoms with Crippen molar-refractivity contribution < 1.29 is 33.3 Å². The summed E-state index contributed by atoms with van der Waals surface area (Å²) in [6.07, 6.45) is -3.02. The van der Waals surface area contributed by atoms with E-state index in [0.29, 0.717) is 0 Å². The van der Waals surface area contributed by atoms with Crippen molar-refractivity contribution in [3.05, 3.63) is 76.2 Å². The molecule has 1 fully saturated rings. The van der Waals surface area contributed by atoms with Crippen molar-refractivity contribution in [3.63, 3.8) is 0 Å². The summed E-state index contributed by atoms with van der Waals surface area (Å²) < 4.78 is 23.5. The molecule has 38 heavy (non-hydrogen) atoms. The first-order valence-electron chi connectivity index (χ1n) is 12.2. The number of azide groups is 1. The standard InChI is InChI=1S/C27H31N3O7S/c1-17-9-12-21(13-10-17)38-27-24(29-30-28)26(35-15-20-7-5-4-6-8-20)25(22(36-27)16-34-19(3)32)37-23(33)14-11-18(2)31/h4-10,12-13,22,24-27H,11,14-16H2,1-3H3/t22-,24-,25-,26-,27+/m1/s1. The number of carbonyl (C=O) groups excluding carboxylic acids is 3. The minimum absolute atomic E-state index is 0.0161. The van der Waals surface area contributed by atoms with E-state index in [2.05, 4.69) is 10.0 Å². The summed E-state index contributed by atoms with van der Waals surface area (Å²) in [7, 11) is 0. The van der Waals surface area contributed by atoms with Crippen LogP contribution in [0.15, 0.2) is 64.6 Å². The van der Waals surface area contributed by atoms with Gasteiger partial charge in [0, 0.05) is 23.2 Å². The van der Waals surface area contributed by atoms with E-state index in [4.69, 9.17) is 18.9 Å². The molecule has 5 atom stereocenters. The lowest BCUT2D eigenvalue weighted by molar-refractivity contribution is -0.210. The van der Waals surface area contributed by atoms with Crippen molar-refractivity contribution >= 4 is 29.5 Å². The normalized spacial score (nSPS) is 22.7. The van der Waals surface area contributed by atoms with E-state index in [0.717, 1.165) is 16.0 Å². The molecule has 0 N–H and O–H groups in total. The molecule has 0 unspecified atom stereocenters. The van der Waals surface area contributed by atoms with Crippen molar-refractivity contribution in [2.75, 3.05) is 6.61 Å². The van der Waals surface area contributed by atoms with E-state index in [-0.39, 0.29) is 31.8 Å². The van der Waals surface area contributed by atoms with Gasteiger partial charge in [-0.05, 0) is 37.1 Å². The molecule has 2 aromatic carbocycles. The maximum absolute atomic E-state index is 12.7. The Bertz CT molecular complexity index is 1140. The van der Waals surface area contributed by atoms with Gasteiger partial charge in [0.2, 0.25) is 0 Å². The fourth-order valence-corrected chi connectivity index (χ4v) is 4.95. The molecule has 2 aromatic rings. The highest BCUT2D eigenvalue weighted by Crippen LogP contribution is 2.38. The Morgan fingerprint density at radius 3 is 2.37 bits per heavy atom. The minimum Gasteiger partial charge on any atom is -0.463 e. The number of rotatable bonds is 12. The number of aryl methyl sites for hydroxylation is 1. The highest BCUT2D eigenvalue weighted by atomic mass is 32.2. The van der Waals surface area contributed by atoms with E-state index >= 15 is 0 Å². The molecule has 3 rings (SSSR count). The number of Topliss-reactive ketones (excluding diaryl/α,β-unsaturated/α-hetero) is 1. The molecule has 1 aliphatic heterocycles. The van der Waals surface area contributed by atoms with Crippen molar-refractivity contribution in [1.82, 2.24) is 0 Å². The highest BCUT2D eigenvalue weighted by molar-refractivity contribution is 7.99. The van der Waals surface area contributed by atoms with Crippen LogP contribution in [0.3, 0.4) is 0 Å². The largest absolute Gasteiger partial charge is 0.463 e. The summed E-state index contributed by atoms with van der Waals surface area (Å²) in [5, 5.41) is 3.99.